The highest BCUT2D eigenvalue weighted by Gasteiger charge is 2.33. The average Bonchev–Trinajstić information content (AvgIpc) is 2.67. The maximum atomic E-state index is 10.7. The third-order valence-corrected chi connectivity index (χ3v) is 3.81. The van der Waals surface area contributed by atoms with E-state index in [1.165, 1.54) is 18.9 Å². The van der Waals surface area contributed by atoms with Crippen LogP contribution in [-0.4, -0.2) is 89.8 Å². The van der Waals surface area contributed by atoms with Crippen LogP contribution < -0.4 is 6.15 Å². The van der Waals surface area contributed by atoms with Crippen LogP contribution in [0.2, 0.25) is 0 Å². The Morgan fingerprint density at radius 2 is 1.43 bits per heavy atom. The van der Waals surface area contributed by atoms with Crippen LogP contribution in [-0.2, 0) is 14.4 Å². The number of aliphatic hydroxyl groups excluding tert-OH is 5. The molecule has 0 aromatic rings. The van der Waals surface area contributed by atoms with Crippen LogP contribution in [0, 0.1) is 5.92 Å². The van der Waals surface area contributed by atoms with E-state index in [4.69, 9.17) is 40.9 Å². The molecule has 0 aromatic carbocycles. The van der Waals surface area contributed by atoms with Crippen molar-refractivity contribution in [1.82, 2.24) is 6.15 Å². The molecule has 0 radical (unpaired) electrons. The van der Waals surface area contributed by atoms with Crippen LogP contribution in [0.1, 0.15) is 45.4 Å². The molecule has 0 aliphatic carbocycles. The van der Waals surface area contributed by atoms with Crippen LogP contribution >= 0.6 is 0 Å². The Morgan fingerprint density at radius 3 is 1.83 bits per heavy atom. The van der Waals surface area contributed by atoms with Crippen molar-refractivity contribution >= 4 is 17.9 Å². The van der Waals surface area contributed by atoms with Gasteiger partial charge in [0.2, 0.25) is 0 Å². The van der Waals surface area contributed by atoms with Gasteiger partial charge >= 0.3 is 17.9 Å². The maximum Gasteiger partial charge on any atom is 0.335 e. The summed E-state index contributed by atoms with van der Waals surface area (Å²) in [6.45, 7) is 1.29. The zero-order chi connectivity index (χ0) is 23.0. The summed E-state index contributed by atoms with van der Waals surface area (Å²) in [5.74, 6) is -4.78. The highest BCUT2D eigenvalue weighted by Crippen LogP contribution is 2.09. The van der Waals surface area contributed by atoms with Crippen molar-refractivity contribution in [3.05, 3.63) is 12.2 Å². The summed E-state index contributed by atoms with van der Waals surface area (Å²) in [6, 6.07) is 0. The fourth-order valence-electron chi connectivity index (χ4n) is 2.04. The lowest BCUT2D eigenvalue weighted by molar-refractivity contribution is -0.164. The number of unbranched alkanes of at least 4 members (excludes halogenated alkanes) is 4. The Morgan fingerprint density at radius 1 is 0.867 bits per heavy atom. The zero-order valence-electron chi connectivity index (χ0n) is 17.0. The van der Waals surface area contributed by atoms with Crippen LogP contribution in [0.15, 0.2) is 12.2 Å². The minimum Gasteiger partial charge on any atom is -0.481 e. The first kappa shape index (κ1) is 32.6. The van der Waals surface area contributed by atoms with E-state index in [2.05, 4.69) is 6.92 Å². The van der Waals surface area contributed by atoms with Gasteiger partial charge in [0.05, 0.1) is 18.9 Å². The van der Waals surface area contributed by atoms with Crippen LogP contribution in [0.25, 0.3) is 0 Å². The van der Waals surface area contributed by atoms with Gasteiger partial charge in [-0.15, -0.1) is 0 Å². The van der Waals surface area contributed by atoms with Gasteiger partial charge in [0.15, 0.2) is 6.10 Å². The molecule has 30 heavy (non-hydrogen) atoms. The topological polar surface area (TPSA) is 248 Å². The smallest absolute Gasteiger partial charge is 0.335 e. The van der Waals surface area contributed by atoms with Gasteiger partial charge in [0, 0.05) is 0 Å². The molecule has 178 valence electrons. The summed E-state index contributed by atoms with van der Waals surface area (Å²) in [5, 5.41) is 69.1. The molecule has 0 fully saturated rings. The second-order valence-electron chi connectivity index (χ2n) is 6.33. The summed E-state index contributed by atoms with van der Waals surface area (Å²) >= 11 is 0. The molecule has 11 N–H and O–H groups in total. The number of carboxylic acid groups (broad SMARTS) is 3. The molecular formula is C18H35NO11. The fraction of sp³-hybridized carbons (Fsp3) is 0.722. The molecule has 0 spiro atoms. The summed E-state index contributed by atoms with van der Waals surface area (Å²) in [7, 11) is 0. The number of allylic oxidation sites excluding steroid dienone is 1. The second kappa shape index (κ2) is 18.9. The third-order valence-electron chi connectivity index (χ3n) is 3.81. The van der Waals surface area contributed by atoms with E-state index in [9.17, 15) is 14.4 Å². The number of aliphatic carboxylic acids is 3. The van der Waals surface area contributed by atoms with Gasteiger partial charge in [-0.2, -0.15) is 0 Å². The number of aliphatic hydroxyl groups is 5. The van der Waals surface area contributed by atoms with E-state index in [-0.39, 0.29) is 12.6 Å². The lowest BCUT2D eigenvalue weighted by Gasteiger charge is -2.23. The molecule has 0 aliphatic heterocycles. The van der Waals surface area contributed by atoms with Gasteiger partial charge in [-0.1, -0.05) is 38.3 Å². The van der Waals surface area contributed by atoms with Crippen molar-refractivity contribution in [3.8, 4) is 0 Å². The van der Waals surface area contributed by atoms with Crippen molar-refractivity contribution in [1.29, 1.82) is 0 Å². The second-order valence-corrected chi connectivity index (χ2v) is 6.33. The molecule has 0 aromatic heterocycles. The molecule has 0 bridgehead atoms. The molecule has 0 aliphatic rings. The highest BCUT2D eigenvalue weighted by molar-refractivity contribution is 5.79. The molecule has 0 amide bonds. The lowest BCUT2D eigenvalue weighted by atomic mass is 10.0. The van der Waals surface area contributed by atoms with E-state index >= 15 is 0 Å². The van der Waals surface area contributed by atoms with E-state index in [0.717, 1.165) is 19.3 Å². The normalized spacial score (nSPS) is 15.7. The van der Waals surface area contributed by atoms with Crippen molar-refractivity contribution in [2.75, 3.05) is 6.61 Å². The molecule has 0 saturated carbocycles. The van der Waals surface area contributed by atoms with Gasteiger partial charge in [0.1, 0.15) is 18.3 Å². The van der Waals surface area contributed by atoms with Gasteiger partial charge in [0.25, 0.3) is 0 Å². The summed E-state index contributed by atoms with van der Waals surface area (Å²) in [5.41, 5.74) is 0. The number of carboxylic acids is 3. The zero-order valence-corrected chi connectivity index (χ0v) is 17.0. The summed E-state index contributed by atoms with van der Waals surface area (Å²) < 4.78 is 0. The van der Waals surface area contributed by atoms with E-state index in [1.807, 2.05) is 0 Å². The van der Waals surface area contributed by atoms with Gasteiger partial charge in [-0.05, 0) is 12.8 Å². The number of rotatable bonds is 14. The standard InChI is InChI=1S/C12H20O4.C6H12O7.H3N/c1-2-3-4-5-6-7-8-10(12(15)16)9-11(13)14;7-1-2(8)3(9)4(10)5(11)6(12)13;/h7-8,10H,2-6,9H2,1H3,(H,13,14)(H,15,16);2-5,7-11H,1H2,(H,12,13);1H3. The molecule has 0 saturated heterocycles. The molecule has 0 rings (SSSR count). The molecular weight excluding hydrogens is 406 g/mol. The first-order valence-electron chi connectivity index (χ1n) is 9.16. The van der Waals surface area contributed by atoms with Crippen LogP contribution in [0.5, 0.6) is 0 Å². The number of hydrogen-bond acceptors (Lipinski definition) is 9. The molecule has 12 nitrogen and oxygen atoms in total. The van der Waals surface area contributed by atoms with E-state index in [1.54, 1.807) is 6.08 Å². The highest BCUT2D eigenvalue weighted by atomic mass is 16.4. The molecule has 0 heterocycles. The van der Waals surface area contributed by atoms with Crippen LogP contribution in [0.3, 0.4) is 0 Å². The predicted molar refractivity (Wildman–Crippen MR) is 105 cm³/mol. The quantitative estimate of drug-likeness (QED) is 0.120. The number of hydrogen-bond donors (Lipinski definition) is 9. The monoisotopic (exact) mass is 441 g/mol. The van der Waals surface area contributed by atoms with Crippen molar-refractivity contribution in [2.45, 2.75) is 69.9 Å². The van der Waals surface area contributed by atoms with Gasteiger partial charge in [-0.3, -0.25) is 9.59 Å². The average molecular weight is 441 g/mol. The van der Waals surface area contributed by atoms with E-state index < -0.39 is 54.8 Å². The van der Waals surface area contributed by atoms with Crippen molar-refractivity contribution in [2.24, 2.45) is 5.92 Å². The Labute approximate surface area is 174 Å². The summed E-state index contributed by atoms with van der Waals surface area (Å²) in [6.07, 6.45) is 0.424. The summed E-state index contributed by atoms with van der Waals surface area (Å²) in [4.78, 5) is 31.2. The van der Waals surface area contributed by atoms with Gasteiger partial charge < -0.3 is 47.0 Å². The minimum absolute atomic E-state index is 0. The largest absolute Gasteiger partial charge is 0.481 e. The Balaban J connectivity index is -0.000000480. The first-order chi connectivity index (χ1) is 13.5. The van der Waals surface area contributed by atoms with Gasteiger partial charge in [-0.25, -0.2) is 4.79 Å². The number of carbonyl (C=O) groups is 3. The van der Waals surface area contributed by atoms with Crippen LogP contribution in [0.4, 0.5) is 0 Å². The molecule has 5 unspecified atom stereocenters. The lowest BCUT2D eigenvalue weighted by Crippen LogP contribution is -2.48. The Kier molecular flexibility index (Phi) is 20.5. The van der Waals surface area contributed by atoms with Crippen molar-refractivity contribution < 1.29 is 55.2 Å². The van der Waals surface area contributed by atoms with Crippen molar-refractivity contribution in [3.63, 3.8) is 0 Å². The first-order valence-corrected chi connectivity index (χ1v) is 9.16. The predicted octanol–water partition coefficient (Wildman–Crippen LogP) is -0.643. The van der Waals surface area contributed by atoms with E-state index in [0.29, 0.717) is 0 Å². The molecule has 5 atom stereocenters. The minimum atomic E-state index is -2.20. The maximum absolute atomic E-state index is 10.7. The SMILES string of the molecule is CCCCCCC=CC(CC(=O)O)C(=O)O.N.O=C(O)C(O)C(O)C(O)C(O)CO. The molecule has 12 heteroatoms. The Bertz CT molecular complexity index is 512. The Hall–Kier alpha value is -2.09. The third kappa shape index (κ3) is 15.8. The fourth-order valence-corrected chi connectivity index (χ4v) is 2.04.